The first-order chi connectivity index (χ1) is 26.5. The first-order valence-corrected chi connectivity index (χ1v) is 19.6. The van der Waals surface area contributed by atoms with Crippen LogP contribution in [0.25, 0.3) is 50.5 Å². The van der Waals surface area contributed by atoms with E-state index in [1.54, 1.807) is 0 Å². The Morgan fingerprint density at radius 1 is 0.520 bits per heavy atom. The highest BCUT2D eigenvalue weighted by atomic mass is 28.3. The third-order valence-electron chi connectivity index (χ3n) is 10.4. The molecule has 6 aromatic carbocycles. The van der Waals surface area contributed by atoms with Gasteiger partial charge in [0, 0.05) is 21.9 Å². The lowest BCUT2D eigenvalue weighted by atomic mass is 10.0. The molecule has 2 aromatic heterocycles. The number of aromatic nitrogens is 4. The molecule has 0 bridgehead atoms. The lowest BCUT2D eigenvalue weighted by Crippen LogP contribution is -2.70. The van der Waals surface area contributed by atoms with Crippen LogP contribution in [0.5, 0.6) is 0 Å². The summed E-state index contributed by atoms with van der Waals surface area (Å²) in [5.41, 5.74) is 2.97. The van der Waals surface area contributed by atoms with E-state index >= 15 is 0 Å². The molecule has 8 aromatic rings. The van der Waals surface area contributed by atoms with Crippen LogP contribution in [0.3, 0.4) is 0 Å². The van der Waals surface area contributed by atoms with Gasteiger partial charge in [-0.1, -0.05) is 184 Å². The first-order valence-electron chi connectivity index (χ1n) is 19.5. The van der Waals surface area contributed by atoms with Crippen molar-refractivity contribution in [2.45, 2.75) is 37.6 Å². The molecule has 9 rings (SSSR count). The number of benzene rings is 6. The summed E-state index contributed by atoms with van der Waals surface area (Å²) in [4.78, 5) is 15.2. The highest BCUT2D eigenvalue weighted by Crippen LogP contribution is 2.38. The Bertz CT molecular complexity index is 2550. The average molecular weight is 667 g/mol. The van der Waals surface area contributed by atoms with Crippen molar-refractivity contribution in [3.63, 3.8) is 0 Å². The summed E-state index contributed by atoms with van der Waals surface area (Å²) in [5.74, 6) is 0.916. The molecule has 0 N–H and O–H groups in total. The second-order valence-corrected chi connectivity index (χ2v) is 17.2. The van der Waals surface area contributed by atoms with Crippen molar-refractivity contribution in [1.29, 1.82) is 0 Å². The zero-order valence-corrected chi connectivity index (χ0v) is 28.7. The molecule has 0 unspecified atom stereocenters. The molecule has 50 heavy (non-hydrogen) atoms. The van der Waals surface area contributed by atoms with Crippen molar-refractivity contribution < 1.29 is 5.48 Å². The molecule has 1 fully saturated rings. The van der Waals surface area contributed by atoms with E-state index in [0.29, 0.717) is 17.0 Å². The summed E-state index contributed by atoms with van der Waals surface area (Å²) in [5, 5.41) is 4.89. The van der Waals surface area contributed by atoms with Crippen LogP contribution in [0.15, 0.2) is 164 Å². The average Bonchev–Trinajstić information content (AvgIpc) is 3.57. The summed E-state index contributed by atoms with van der Waals surface area (Å²) in [6.45, 7) is 0. The van der Waals surface area contributed by atoms with Crippen molar-refractivity contribution in [3.8, 4) is 28.7 Å². The summed E-state index contributed by atoms with van der Waals surface area (Å²) >= 11 is 0. The Labute approximate surface area is 299 Å². The van der Waals surface area contributed by atoms with Gasteiger partial charge in [-0.05, 0) is 33.2 Å². The minimum absolute atomic E-state index is 0.0429. The molecule has 5 heteroatoms. The predicted octanol–water partition coefficient (Wildman–Crippen LogP) is 9.11. The third-order valence-corrected chi connectivity index (χ3v) is 15.7. The van der Waals surface area contributed by atoms with Crippen LogP contribution in [-0.2, 0) is 0 Å². The van der Waals surface area contributed by atoms with Crippen LogP contribution in [0, 0.1) is 0 Å². The van der Waals surface area contributed by atoms with Crippen molar-refractivity contribution in [1.82, 2.24) is 19.5 Å². The van der Waals surface area contributed by atoms with Crippen molar-refractivity contribution in [3.05, 3.63) is 164 Å². The van der Waals surface area contributed by atoms with Gasteiger partial charge < -0.3 is 0 Å². The minimum atomic E-state index is -3.20. The normalized spacial score (nSPS) is 15.0. The maximum Gasteiger partial charge on any atom is 0.238 e. The highest BCUT2D eigenvalue weighted by Gasteiger charge is 2.46. The van der Waals surface area contributed by atoms with Gasteiger partial charge in [-0.3, -0.25) is 4.57 Å². The minimum Gasteiger partial charge on any atom is -0.278 e. The smallest absolute Gasteiger partial charge is 0.238 e. The number of fused-ring (bicyclic) bond motifs is 3. The number of rotatable bonds is 7. The summed E-state index contributed by atoms with van der Waals surface area (Å²) in [6, 6.07) is 46.4. The molecule has 0 spiro atoms. The first kappa shape index (κ1) is 26.2. The second-order valence-electron chi connectivity index (χ2n) is 13.1. The lowest BCUT2D eigenvalue weighted by molar-refractivity contribution is 0.497. The Morgan fingerprint density at radius 3 is 1.64 bits per heavy atom. The van der Waals surface area contributed by atoms with Gasteiger partial charge in [-0.2, -0.15) is 9.97 Å². The lowest BCUT2D eigenvalue weighted by Gasteiger charge is -2.42. The Balaban J connectivity index is 1.39. The van der Waals surface area contributed by atoms with E-state index in [4.69, 9.17) is 15.0 Å². The van der Waals surface area contributed by atoms with Crippen molar-refractivity contribution in [2.75, 3.05) is 0 Å². The summed E-state index contributed by atoms with van der Waals surface area (Å²) in [7, 11) is -3.20. The van der Waals surface area contributed by atoms with E-state index in [1.165, 1.54) is 0 Å². The van der Waals surface area contributed by atoms with E-state index in [0.717, 1.165) is 69.8 Å². The molecule has 0 atom stereocenters. The van der Waals surface area contributed by atoms with E-state index in [9.17, 15) is 5.48 Å². The molecule has 0 radical (unpaired) electrons. The van der Waals surface area contributed by atoms with Gasteiger partial charge in [0.2, 0.25) is 5.95 Å². The van der Waals surface area contributed by atoms with Gasteiger partial charge in [-0.25, -0.2) is 4.98 Å². The Kier molecular flexibility index (Phi) is 6.82. The molecule has 242 valence electrons. The predicted molar refractivity (Wildman–Crippen MR) is 209 cm³/mol. The molecule has 1 saturated carbocycles. The summed E-state index contributed by atoms with van der Waals surface area (Å²) in [6.07, 6.45) is 5.26. The molecule has 0 amide bonds. The van der Waals surface area contributed by atoms with Crippen LogP contribution in [0.2, 0.25) is 5.54 Å². The fourth-order valence-electron chi connectivity index (χ4n) is 8.15. The van der Waals surface area contributed by atoms with Crippen molar-refractivity contribution in [2.24, 2.45) is 0 Å². The number of hydrogen-bond acceptors (Lipinski definition) is 3. The molecular weight excluding hydrogens is 625 g/mol. The van der Waals surface area contributed by atoms with Crippen LogP contribution in [0.1, 0.15) is 37.6 Å². The topological polar surface area (TPSA) is 43.6 Å². The van der Waals surface area contributed by atoms with Gasteiger partial charge in [-0.15, -0.1) is 0 Å². The molecule has 0 saturated heterocycles. The quantitative estimate of drug-likeness (QED) is 0.126. The Hall–Kier alpha value is -5.65. The van der Waals surface area contributed by atoms with Crippen LogP contribution < -0.4 is 15.6 Å². The van der Waals surface area contributed by atoms with E-state index in [2.05, 4.69) is 36.4 Å². The van der Waals surface area contributed by atoms with Crippen LogP contribution in [0.4, 0.5) is 0 Å². The maximum atomic E-state index is 10.2. The molecule has 1 aliphatic rings. The fraction of sp³-hybridized carbons (Fsp3) is 0.133. The molecule has 0 aliphatic heterocycles. The maximum absolute atomic E-state index is 10.2. The largest absolute Gasteiger partial charge is 0.278 e. The van der Waals surface area contributed by atoms with Gasteiger partial charge in [0.1, 0.15) is 0 Å². The fourth-order valence-corrected chi connectivity index (χ4v) is 13.7. The molecule has 1 aliphatic carbocycles. The molecular formula is C45H38N4Si. The van der Waals surface area contributed by atoms with E-state index in [-0.39, 0.29) is 41.1 Å². The standard InChI is InChI=1S/C45H38N4Si/c1-5-18-33(19-6-1)43-46-44(48-45(47-43)49-41-30-15-13-28-39(41)40-29-14-16-31-42(40)49)34-20-17-27-38(32-34)50(35-21-7-2-8-22-35,36-23-9-3-10-24-36)37-25-11-4-12-26-37/h1-3,5-10,13-24,27-32,37H,4,11-12,25-26H2/i17D,20D,27D,32D. The van der Waals surface area contributed by atoms with Crippen LogP contribution in [-0.4, -0.2) is 27.6 Å². The van der Waals surface area contributed by atoms with Gasteiger partial charge in [0.05, 0.1) is 16.5 Å². The number of nitrogens with zero attached hydrogens (tertiary/aromatic N) is 4. The molecule has 4 nitrogen and oxygen atoms in total. The third kappa shape index (κ3) is 5.17. The zero-order valence-electron chi connectivity index (χ0n) is 31.7. The number of para-hydroxylation sites is 2. The SMILES string of the molecule is [2H]c1c([2H])c(-c2nc(-c3ccccc3)nc(-n3c4ccccc4c4ccccc43)n2)c([2H])c([Si](c2ccccc2)(c2ccccc2)C2CCCCC2)c1[2H]. The zero-order chi connectivity index (χ0) is 36.8. The van der Waals surface area contributed by atoms with Crippen LogP contribution >= 0.6 is 0 Å². The highest BCUT2D eigenvalue weighted by molar-refractivity contribution is 7.12. The van der Waals surface area contributed by atoms with E-state index in [1.807, 2.05) is 108 Å². The second kappa shape index (κ2) is 13.0. The monoisotopic (exact) mass is 666 g/mol. The van der Waals surface area contributed by atoms with Gasteiger partial charge >= 0.3 is 0 Å². The number of hydrogen-bond donors (Lipinski definition) is 0. The van der Waals surface area contributed by atoms with Gasteiger partial charge in [0.15, 0.2) is 19.7 Å². The van der Waals surface area contributed by atoms with Gasteiger partial charge in [0.25, 0.3) is 0 Å². The van der Waals surface area contributed by atoms with Crippen molar-refractivity contribution >= 4 is 45.4 Å². The van der Waals surface area contributed by atoms with E-state index < -0.39 is 8.07 Å². The summed E-state index contributed by atoms with van der Waals surface area (Å²) < 4.78 is 40.8. The Morgan fingerprint density at radius 2 is 1.04 bits per heavy atom. The molecule has 2 heterocycles.